The quantitative estimate of drug-likeness (QED) is 0.606. The zero-order valence-electron chi connectivity index (χ0n) is 12.1. The number of hydrogen-bond acceptors (Lipinski definition) is 3. The number of nitrogens with one attached hydrogen (secondary N) is 1. The summed E-state index contributed by atoms with van der Waals surface area (Å²) in [6.45, 7) is 2.10. The van der Waals surface area contributed by atoms with Crippen molar-refractivity contribution in [2.24, 2.45) is 0 Å². The summed E-state index contributed by atoms with van der Waals surface area (Å²) in [7, 11) is 0. The number of pyridine rings is 2. The van der Waals surface area contributed by atoms with Gasteiger partial charge in [-0.25, -0.2) is 4.98 Å². The summed E-state index contributed by atoms with van der Waals surface area (Å²) in [5, 5.41) is 8.10. The lowest BCUT2D eigenvalue weighted by atomic mass is 9.93. The molecule has 4 heteroatoms. The van der Waals surface area contributed by atoms with Gasteiger partial charge in [-0.05, 0) is 24.1 Å². The first-order chi connectivity index (χ1) is 10.8. The molecule has 106 valence electrons. The van der Waals surface area contributed by atoms with Crippen molar-refractivity contribution in [3.05, 3.63) is 66.7 Å². The molecule has 0 radical (unpaired) electrons. The molecule has 0 saturated carbocycles. The number of benzene rings is 1. The number of rotatable bonds is 2. The van der Waals surface area contributed by atoms with Crippen LogP contribution in [0.15, 0.2) is 61.2 Å². The van der Waals surface area contributed by atoms with Gasteiger partial charge in [0.1, 0.15) is 0 Å². The number of hydrogen-bond donors (Lipinski definition) is 1. The molecule has 0 atom stereocenters. The van der Waals surface area contributed by atoms with Crippen molar-refractivity contribution in [2.75, 3.05) is 0 Å². The van der Waals surface area contributed by atoms with Crippen molar-refractivity contribution in [3.63, 3.8) is 0 Å². The highest BCUT2D eigenvalue weighted by molar-refractivity contribution is 6.01. The summed E-state index contributed by atoms with van der Waals surface area (Å²) in [5.74, 6) is 0. The van der Waals surface area contributed by atoms with Crippen LogP contribution < -0.4 is 0 Å². The molecule has 4 nitrogen and oxygen atoms in total. The molecule has 22 heavy (non-hydrogen) atoms. The Hall–Kier alpha value is -3.01. The highest BCUT2D eigenvalue weighted by Crippen LogP contribution is 2.37. The molecule has 0 bridgehead atoms. The standard InChI is InChI=1S/C18H14N4/c1-12-7-8-19-9-14(12)17-15(13-5-3-2-4-6-13)10-20-18-16(17)11-21-22-18/h2-11H,1H3,(H,20,21,22). The predicted molar refractivity (Wildman–Crippen MR) is 87.3 cm³/mol. The van der Waals surface area contributed by atoms with Gasteiger partial charge in [-0.3, -0.25) is 10.1 Å². The Morgan fingerprint density at radius 1 is 0.909 bits per heavy atom. The molecule has 3 aromatic heterocycles. The van der Waals surface area contributed by atoms with Gasteiger partial charge >= 0.3 is 0 Å². The van der Waals surface area contributed by atoms with Gasteiger partial charge in [-0.1, -0.05) is 30.3 Å². The molecule has 1 aromatic carbocycles. The largest absolute Gasteiger partial charge is 0.264 e. The van der Waals surface area contributed by atoms with Gasteiger partial charge in [0.2, 0.25) is 0 Å². The van der Waals surface area contributed by atoms with Crippen LogP contribution in [0.2, 0.25) is 0 Å². The minimum Gasteiger partial charge on any atom is -0.264 e. The van der Waals surface area contributed by atoms with Crippen LogP contribution in [0.1, 0.15) is 5.56 Å². The minimum atomic E-state index is 0.790. The zero-order chi connectivity index (χ0) is 14.9. The fourth-order valence-corrected chi connectivity index (χ4v) is 2.75. The molecule has 0 fully saturated rings. The van der Waals surface area contributed by atoms with Crippen LogP contribution in [-0.4, -0.2) is 20.2 Å². The first kappa shape index (κ1) is 12.7. The number of aromatic amines is 1. The summed E-state index contributed by atoms with van der Waals surface area (Å²) in [6.07, 6.45) is 7.45. The highest BCUT2D eigenvalue weighted by atomic mass is 15.1. The van der Waals surface area contributed by atoms with Crippen LogP contribution >= 0.6 is 0 Å². The molecule has 1 N–H and O–H groups in total. The normalized spacial score (nSPS) is 11.0. The van der Waals surface area contributed by atoms with Gasteiger partial charge in [-0.2, -0.15) is 5.10 Å². The van der Waals surface area contributed by atoms with Gasteiger partial charge < -0.3 is 0 Å². The van der Waals surface area contributed by atoms with Crippen molar-refractivity contribution in [1.29, 1.82) is 0 Å². The molecule has 4 rings (SSSR count). The van der Waals surface area contributed by atoms with E-state index in [-0.39, 0.29) is 0 Å². The average Bonchev–Trinajstić information content (AvgIpc) is 3.04. The van der Waals surface area contributed by atoms with Gasteiger partial charge in [0.15, 0.2) is 5.65 Å². The van der Waals surface area contributed by atoms with E-state index in [0.29, 0.717) is 0 Å². The molecule has 0 amide bonds. The molecule has 0 aliphatic heterocycles. The van der Waals surface area contributed by atoms with Gasteiger partial charge in [0.25, 0.3) is 0 Å². The average molecular weight is 286 g/mol. The van der Waals surface area contributed by atoms with Crippen LogP contribution in [0.5, 0.6) is 0 Å². The minimum absolute atomic E-state index is 0.790. The fraction of sp³-hybridized carbons (Fsp3) is 0.0556. The second kappa shape index (κ2) is 5.07. The number of nitrogens with zero attached hydrogens (tertiary/aromatic N) is 3. The second-order valence-electron chi connectivity index (χ2n) is 5.24. The predicted octanol–water partition coefficient (Wildman–Crippen LogP) is 4.00. The third-order valence-electron chi connectivity index (χ3n) is 3.87. The maximum Gasteiger partial charge on any atom is 0.155 e. The van der Waals surface area contributed by atoms with Crippen LogP contribution in [0.4, 0.5) is 0 Å². The first-order valence-electron chi connectivity index (χ1n) is 7.13. The van der Waals surface area contributed by atoms with E-state index >= 15 is 0 Å². The maximum absolute atomic E-state index is 4.49. The monoisotopic (exact) mass is 286 g/mol. The van der Waals surface area contributed by atoms with Crippen LogP contribution in [0, 0.1) is 6.92 Å². The number of aryl methyl sites for hydroxylation is 1. The third-order valence-corrected chi connectivity index (χ3v) is 3.87. The molecular weight excluding hydrogens is 272 g/mol. The van der Waals surface area contributed by atoms with E-state index in [9.17, 15) is 0 Å². The Morgan fingerprint density at radius 2 is 1.77 bits per heavy atom. The van der Waals surface area contributed by atoms with Gasteiger partial charge in [0.05, 0.1) is 6.20 Å². The fourth-order valence-electron chi connectivity index (χ4n) is 2.75. The SMILES string of the molecule is Cc1ccncc1-c1c(-c2ccccc2)cnc2[nH]ncc12. The van der Waals surface area contributed by atoms with Gasteiger partial charge in [0, 0.05) is 40.7 Å². The molecule has 0 spiro atoms. The van der Waals surface area contributed by atoms with E-state index < -0.39 is 0 Å². The summed E-state index contributed by atoms with van der Waals surface area (Å²) in [5.41, 5.74) is 6.42. The smallest absolute Gasteiger partial charge is 0.155 e. The molecule has 0 saturated heterocycles. The number of fused-ring (bicyclic) bond motifs is 1. The van der Waals surface area contributed by atoms with Crippen molar-refractivity contribution in [1.82, 2.24) is 20.2 Å². The molecule has 4 aromatic rings. The lowest BCUT2D eigenvalue weighted by Gasteiger charge is -2.12. The Morgan fingerprint density at radius 3 is 2.59 bits per heavy atom. The van der Waals surface area contributed by atoms with Crippen molar-refractivity contribution in [2.45, 2.75) is 6.92 Å². The lowest BCUT2D eigenvalue weighted by molar-refractivity contribution is 1.10. The van der Waals surface area contributed by atoms with E-state index in [1.165, 1.54) is 5.56 Å². The van der Waals surface area contributed by atoms with E-state index in [1.807, 2.05) is 49.1 Å². The Bertz CT molecular complexity index is 942. The van der Waals surface area contributed by atoms with Crippen molar-refractivity contribution >= 4 is 11.0 Å². The highest BCUT2D eigenvalue weighted by Gasteiger charge is 2.15. The van der Waals surface area contributed by atoms with Gasteiger partial charge in [-0.15, -0.1) is 0 Å². The summed E-state index contributed by atoms with van der Waals surface area (Å²) in [6, 6.07) is 12.3. The summed E-state index contributed by atoms with van der Waals surface area (Å²) in [4.78, 5) is 8.79. The van der Waals surface area contributed by atoms with Crippen molar-refractivity contribution < 1.29 is 0 Å². The molecule has 0 aliphatic rings. The first-order valence-corrected chi connectivity index (χ1v) is 7.13. The topological polar surface area (TPSA) is 54.5 Å². The molecule has 0 aliphatic carbocycles. The number of aromatic nitrogens is 4. The lowest BCUT2D eigenvalue weighted by Crippen LogP contribution is -1.92. The Labute approximate surface area is 127 Å². The molecule has 3 heterocycles. The molecule has 0 unspecified atom stereocenters. The second-order valence-corrected chi connectivity index (χ2v) is 5.24. The maximum atomic E-state index is 4.49. The Balaban J connectivity index is 2.10. The molecular formula is C18H14N4. The number of H-pyrrole nitrogens is 1. The van der Waals surface area contributed by atoms with E-state index in [2.05, 4.69) is 39.2 Å². The summed E-state index contributed by atoms with van der Waals surface area (Å²) < 4.78 is 0. The van der Waals surface area contributed by atoms with Crippen molar-refractivity contribution in [3.8, 4) is 22.3 Å². The van der Waals surface area contributed by atoms with Crippen LogP contribution in [0.25, 0.3) is 33.3 Å². The van der Waals surface area contributed by atoms with Crippen LogP contribution in [-0.2, 0) is 0 Å². The Kier molecular flexibility index (Phi) is 2.93. The third kappa shape index (κ3) is 1.97. The van der Waals surface area contributed by atoms with E-state index in [1.54, 1.807) is 0 Å². The van der Waals surface area contributed by atoms with Crippen LogP contribution in [0.3, 0.4) is 0 Å². The van der Waals surface area contributed by atoms with E-state index in [4.69, 9.17) is 0 Å². The van der Waals surface area contributed by atoms with E-state index in [0.717, 1.165) is 33.3 Å². The zero-order valence-corrected chi connectivity index (χ0v) is 12.1. The summed E-state index contributed by atoms with van der Waals surface area (Å²) >= 11 is 0.